The molecule has 0 saturated carbocycles. The summed E-state index contributed by atoms with van der Waals surface area (Å²) in [5.74, 6) is 1.29. The average molecular weight is 171 g/mol. The molecule has 0 spiro atoms. The molecule has 0 aromatic carbocycles. The van der Waals surface area contributed by atoms with Gasteiger partial charge >= 0.3 is 0 Å². The molecule has 2 N–H and O–H groups in total. The summed E-state index contributed by atoms with van der Waals surface area (Å²) in [7, 11) is 0. The summed E-state index contributed by atoms with van der Waals surface area (Å²) in [5.41, 5.74) is 0. The lowest BCUT2D eigenvalue weighted by atomic mass is 9.91. The van der Waals surface area contributed by atoms with Crippen LogP contribution in [0.15, 0.2) is 0 Å². The monoisotopic (exact) mass is 171 g/mol. The second-order valence-electron chi connectivity index (χ2n) is 4.36. The minimum Gasteiger partial charge on any atom is -0.396 e. The van der Waals surface area contributed by atoms with E-state index in [1.54, 1.807) is 0 Å². The molecule has 0 aromatic heterocycles. The molecule has 2 atom stereocenters. The molecule has 0 aliphatic carbocycles. The maximum atomic E-state index is 8.92. The molecule has 72 valence electrons. The minimum atomic E-state index is 0.349. The lowest BCUT2D eigenvalue weighted by molar-refractivity contribution is 0.177. The van der Waals surface area contributed by atoms with E-state index in [1.165, 1.54) is 19.3 Å². The molecule has 1 rings (SSSR count). The number of aliphatic hydroxyl groups excluding tert-OH is 1. The lowest BCUT2D eigenvalue weighted by Crippen LogP contribution is -2.40. The summed E-state index contributed by atoms with van der Waals surface area (Å²) in [6.45, 7) is 5.88. The van der Waals surface area contributed by atoms with Gasteiger partial charge in [-0.1, -0.05) is 13.8 Å². The van der Waals surface area contributed by atoms with E-state index in [0.717, 1.165) is 12.5 Å². The van der Waals surface area contributed by atoms with E-state index < -0.39 is 0 Å². The second kappa shape index (κ2) is 4.83. The van der Waals surface area contributed by atoms with Crippen LogP contribution in [-0.4, -0.2) is 24.3 Å². The summed E-state index contributed by atoms with van der Waals surface area (Å²) in [6, 6.07) is 0.702. The Morgan fingerprint density at radius 2 is 2.17 bits per heavy atom. The van der Waals surface area contributed by atoms with Crippen molar-refractivity contribution < 1.29 is 5.11 Å². The van der Waals surface area contributed by atoms with Gasteiger partial charge in [0.05, 0.1) is 0 Å². The van der Waals surface area contributed by atoms with Crippen molar-refractivity contribution in [3.05, 3.63) is 0 Å². The third kappa shape index (κ3) is 3.11. The van der Waals surface area contributed by atoms with Gasteiger partial charge in [-0.25, -0.2) is 0 Å². The first-order valence-corrected chi connectivity index (χ1v) is 5.06. The summed E-state index contributed by atoms with van der Waals surface area (Å²) in [5, 5.41) is 12.4. The van der Waals surface area contributed by atoms with Crippen LogP contribution in [0.2, 0.25) is 0 Å². The van der Waals surface area contributed by atoms with Crippen molar-refractivity contribution >= 4 is 0 Å². The van der Waals surface area contributed by atoms with E-state index in [0.29, 0.717) is 18.6 Å². The summed E-state index contributed by atoms with van der Waals surface area (Å²) < 4.78 is 0. The molecule has 1 saturated heterocycles. The summed E-state index contributed by atoms with van der Waals surface area (Å²) in [6.07, 6.45) is 3.71. The molecule has 1 aliphatic rings. The van der Waals surface area contributed by atoms with Crippen molar-refractivity contribution in [3.63, 3.8) is 0 Å². The van der Waals surface area contributed by atoms with Gasteiger partial charge in [0.2, 0.25) is 0 Å². The summed E-state index contributed by atoms with van der Waals surface area (Å²) in [4.78, 5) is 0. The first kappa shape index (κ1) is 10.0. The highest BCUT2D eigenvalue weighted by Crippen LogP contribution is 2.18. The van der Waals surface area contributed by atoms with Gasteiger partial charge in [0.15, 0.2) is 0 Å². The van der Waals surface area contributed by atoms with Gasteiger partial charge in [0.25, 0.3) is 0 Å². The maximum absolute atomic E-state index is 8.92. The standard InChI is InChI=1S/C10H21NO/c1-8(2)5-10-4-3-9(7-12)6-11-10/h8-12H,3-7H2,1-2H3. The van der Waals surface area contributed by atoms with Gasteiger partial charge in [-0.3, -0.25) is 0 Å². The highest BCUT2D eigenvalue weighted by atomic mass is 16.3. The molecule has 2 unspecified atom stereocenters. The van der Waals surface area contributed by atoms with Crippen molar-refractivity contribution in [2.45, 2.75) is 39.2 Å². The predicted octanol–water partition coefficient (Wildman–Crippen LogP) is 1.39. The van der Waals surface area contributed by atoms with Crippen molar-refractivity contribution in [3.8, 4) is 0 Å². The van der Waals surface area contributed by atoms with Crippen LogP contribution in [0.5, 0.6) is 0 Å². The van der Waals surface area contributed by atoms with Crippen molar-refractivity contribution in [1.82, 2.24) is 5.32 Å². The quantitative estimate of drug-likeness (QED) is 0.672. The first-order chi connectivity index (χ1) is 5.72. The topological polar surface area (TPSA) is 32.3 Å². The van der Waals surface area contributed by atoms with Crippen LogP contribution >= 0.6 is 0 Å². The zero-order valence-corrected chi connectivity index (χ0v) is 8.21. The van der Waals surface area contributed by atoms with E-state index in [4.69, 9.17) is 5.11 Å². The fourth-order valence-corrected chi connectivity index (χ4v) is 1.90. The van der Waals surface area contributed by atoms with E-state index in [1.807, 2.05) is 0 Å². The van der Waals surface area contributed by atoms with E-state index in [-0.39, 0.29) is 0 Å². The Balaban J connectivity index is 2.17. The number of hydrogen-bond donors (Lipinski definition) is 2. The SMILES string of the molecule is CC(C)CC1CCC(CO)CN1. The van der Waals surface area contributed by atoms with Gasteiger partial charge in [-0.15, -0.1) is 0 Å². The van der Waals surface area contributed by atoms with Crippen LogP contribution in [0.1, 0.15) is 33.1 Å². The molecule has 0 radical (unpaired) electrons. The van der Waals surface area contributed by atoms with Crippen LogP contribution in [-0.2, 0) is 0 Å². The van der Waals surface area contributed by atoms with Gasteiger partial charge in [0, 0.05) is 19.2 Å². The largest absolute Gasteiger partial charge is 0.396 e. The molecule has 0 bridgehead atoms. The molecule has 1 aliphatic heterocycles. The molecule has 1 fully saturated rings. The number of piperidine rings is 1. The maximum Gasteiger partial charge on any atom is 0.0471 e. The number of nitrogens with one attached hydrogen (secondary N) is 1. The molecule has 0 aromatic rings. The van der Waals surface area contributed by atoms with Gasteiger partial charge < -0.3 is 10.4 Å². The van der Waals surface area contributed by atoms with Gasteiger partial charge in [-0.05, 0) is 31.1 Å². The van der Waals surface area contributed by atoms with Crippen molar-refractivity contribution in [1.29, 1.82) is 0 Å². The minimum absolute atomic E-state index is 0.349. The molecular formula is C10H21NO. The van der Waals surface area contributed by atoms with Crippen LogP contribution < -0.4 is 5.32 Å². The first-order valence-electron chi connectivity index (χ1n) is 5.06. The van der Waals surface area contributed by atoms with Crippen molar-refractivity contribution in [2.24, 2.45) is 11.8 Å². The van der Waals surface area contributed by atoms with Gasteiger partial charge in [0.1, 0.15) is 0 Å². The Labute approximate surface area is 75.4 Å². The second-order valence-corrected chi connectivity index (χ2v) is 4.36. The Morgan fingerprint density at radius 3 is 2.58 bits per heavy atom. The lowest BCUT2D eigenvalue weighted by Gasteiger charge is -2.29. The zero-order valence-electron chi connectivity index (χ0n) is 8.21. The van der Waals surface area contributed by atoms with Crippen LogP contribution in [0.3, 0.4) is 0 Å². The number of hydrogen-bond acceptors (Lipinski definition) is 2. The Morgan fingerprint density at radius 1 is 1.42 bits per heavy atom. The molecule has 2 nitrogen and oxygen atoms in total. The predicted molar refractivity (Wildman–Crippen MR) is 51.1 cm³/mol. The zero-order chi connectivity index (χ0) is 8.97. The highest BCUT2D eigenvalue weighted by molar-refractivity contribution is 4.77. The third-order valence-electron chi connectivity index (χ3n) is 2.63. The fourth-order valence-electron chi connectivity index (χ4n) is 1.90. The molecule has 2 heteroatoms. The van der Waals surface area contributed by atoms with Crippen LogP contribution in [0.25, 0.3) is 0 Å². The third-order valence-corrected chi connectivity index (χ3v) is 2.63. The van der Waals surface area contributed by atoms with E-state index in [9.17, 15) is 0 Å². The Kier molecular flexibility index (Phi) is 4.02. The Hall–Kier alpha value is -0.0800. The van der Waals surface area contributed by atoms with Crippen LogP contribution in [0, 0.1) is 11.8 Å². The Bertz CT molecular complexity index is 117. The molecular weight excluding hydrogens is 150 g/mol. The molecule has 1 heterocycles. The number of rotatable bonds is 3. The summed E-state index contributed by atoms with van der Waals surface area (Å²) >= 11 is 0. The fraction of sp³-hybridized carbons (Fsp3) is 1.00. The van der Waals surface area contributed by atoms with E-state index >= 15 is 0 Å². The van der Waals surface area contributed by atoms with E-state index in [2.05, 4.69) is 19.2 Å². The molecule has 0 amide bonds. The van der Waals surface area contributed by atoms with Crippen LogP contribution in [0.4, 0.5) is 0 Å². The molecule has 12 heavy (non-hydrogen) atoms. The normalized spacial score (nSPS) is 31.0. The average Bonchev–Trinajstić information content (AvgIpc) is 2.05. The van der Waals surface area contributed by atoms with Crippen molar-refractivity contribution in [2.75, 3.05) is 13.2 Å². The number of aliphatic hydroxyl groups is 1. The smallest absolute Gasteiger partial charge is 0.0471 e. The van der Waals surface area contributed by atoms with Gasteiger partial charge in [-0.2, -0.15) is 0 Å². The highest BCUT2D eigenvalue weighted by Gasteiger charge is 2.19.